The fourth-order valence-electron chi connectivity index (χ4n) is 4.38. The van der Waals surface area contributed by atoms with Crippen LogP contribution in [0.25, 0.3) is 0 Å². The summed E-state index contributed by atoms with van der Waals surface area (Å²) in [4.78, 5) is 6.50. The third-order valence-electron chi connectivity index (χ3n) is 6.35. The van der Waals surface area contributed by atoms with E-state index in [9.17, 15) is 17.6 Å². The summed E-state index contributed by atoms with van der Waals surface area (Å²) in [7, 11) is 0. The number of anilines is 1. The Bertz CT molecular complexity index is 819. The first-order valence-electron chi connectivity index (χ1n) is 10.3. The summed E-state index contributed by atoms with van der Waals surface area (Å²) in [6, 6.07) is 1.11. The summed E-state index contributed by atoms with van der Waals surface area (Å²) in [6.07, 6.45) is 1.48. The van der Waals surface area contributed by atoms with Crippen LogP contribution in [0.2, 0.25) is 0 Å². The van der Waals surface area contributed by atoms with Gasteiger partial charge < -0.3 is 14.9 Å². The van der Waals surface area contributed by atoms with Crippen molar-refractivity contribution >= 4 is 29.2 Å². The predicted octanol–water partition coefficient (Wildman–Crippen LogP) is 4.92. The number of nitrogens with zero attached hydrogens (tertiary/aromatic N) is 2. The van der Waals surface area contributed by atoms with E-state index >= 15 is 0 Å². The van der Waals surface area contributed by atoms with Crippen molar-refractivity contribution in [1.82, 2.24) is 10.0 Å². The number of hydrogen-bond donors (Lipinski definition) is 2. The van der Waals surface area contributed by atoms with E-state index in [4.69, 9.17) is 0 Å². The number of piperidine rings is 1. The Hall–Kier alpha value is -1.48. The normalized spacial score (nSPS) is 27.7. The van der Waals surface area contributed by atoms with Crippen LogP contribution in [-0.4, -0.2) is 36.7 Å². The number of rotatable bonds is 4. The van der Waals surface area contributed by atoms with Crippen molar-refractivity contribution in [2.24, 2.45) is 10.9 Å². The number of hydrogen-bond acceptors (Lipinski definition) is 5. The van der Waals surface area contributed by atoms with Crippen molar-refractivity contribution in [3.63, 3.8) is 0 Å². The molecule has 2 unspecified atom stereocenters. The molecule has 0 amide bonds. The van der Waals surface area contributed by atoms with Crippen LogP contribution in [0.1, 0.15) is 44.9 Å². The van der Waals surface area contributed by atoms with Gasteiger partial charge in [0.25, 0.3) is 0 Å². The molecule has 9 heteroatoms. The van der Waals surface area contributed by atoms with Crippen molar-refractivity contribution in [1.29, 1.82) is 0 Å². The summed E-state index contributed by atoms with van der Waals surface area (Å²) in [5.41, 5.74) is 0.730. The minimum absolute atomic E-state index is 0.0180. The molecule has 4 nitrogen and oxygen atoms in total. The summed E-state index contributed by atoms with van der Waals surface area (Å²) < 4.78 is 59.5. The summed E-state index contributed by atoms with van der Waals surface area (Å²) >= 11 is 1.24. The summed E-state index contributed by atoms with van der Waals surface area (Å²) in [5.74, 6) is 0.596. The molecule has 2 aliphatic carbocycles. The van der Waals surface area contributed by atoms with Gasteiger partial charge in [0.15, 0.2) is 0 Å². The third-order valence-corrected chi connectivity index (χ3v) is 7.19. The Morgan fingerprint density at radius 3 is 2.55 bits per heavy atom. The molecule has 3 fully saturated rings. The molecule has 0 aromatic heterocycles. The number of alkyl halides is 3. The monoisotopic (exact) mass is 428 g/mol. The van der Waals surface area contributed by atoms with Gasteiger partial charge in [-0.1, -0.05) is 6.42 Å². The number of benzene rings is 1. The number of amidine groups is 1. The molecule has 2 heterocycles. The Balaban J connectivity index is 1.47. The van der Waals surface area contributed by atoms with E-state index in [0.717, 1.165) is 37.9 Å². The molecule has 0 bridgehead atoms. The van der Waals surface area contributed by atoms with Crippen molar-refractivity contribution in [2.75, 3.05) is 11.4 Å². The molecular weight excluding hydrogens is 404 g/mol. The molecule has 1 aromatic rings. The second-order valence-electron chi connectivity index (χ2n) is 8.51. The van der Waals surface area contributed by atoms with Crippen LogP contribution in [0, 0.1) is 11.7 Å². The highest BCUT2D eigenvalue weighted by Crippen LogP contribution is 2.46. The zero-order valence-corrected chi connectivity index (χ0v) is 16.8. The lowest BCUT2D eigenvalue weighted by Crippen LogP contribution is -2.57. The first-order valence-corrected chi connectivity index (χ1v) is 11.1. The van der Waals surface area contributed by atoms with Crippen molar-refractivity contribution in [3.8, 4) is 0 Å². The Morgan fingerprint density at radius 1 is 1.10 bits per heavy atom. The van der Waals surface area contributed by atoms with E-state index in [0.29, 0.717) is 29.0 Å². The third kappa shape index (κ3) is 3.95. The quantitative estimate of drug-likeness (QED) is 0.528. The van der Waals surface area contributed by atoms with Gasteiger partial charge in [0.1, 0.15) is 23.4 Å². The molecule has 2 aliphatic heterocycles. The van der Waals surface area contributed by atoms with Gasteiger partial charge in [-0.3, -0.25) is 0 Å². The minimum atomic E-state index is -4.39. The maximum absolute atomic E-state index is 14.3. The maximum Gasteiger partial charge on any atom is 0.408 e. The summed E-state index contributed by atoms with van der Waals surface area (Å²) in [5, 5.41) is 3.39. The standard InChI is InChI=1S/C20H24F4N4S/c21-12-8-15(18-16(9-12)29-27-19(26-18)11-4-5-11)28-7-6-14(25-13-2-1-3-13)10-17(28)20(22,23)24/h8-9,11,13-14,17,25H,1-7,10H2,(H,26,27). The van der Waals surface area contributed by atoms with Crippen LogP contribution in [0.4, 0.5) is 28.9 Å². The lowest BCUT2D eigenvalue weighted by Gasteiger charge is -2.44. The molecule has 0 radical (unpaired) electrons. The van der Waals surface area contributed by atoms with Gasteiger partial charge in [0, 0.05) is 24.5 Å². The van der Waals surface area contributed by atoms with Gasteiger partial charge >= 0.3 is 6.18 Å². The van der Waals surface area contributed by atoms with E-state index in [-0.39, 0.29) is 24.7 Å². The smallest absolute Gasteiger partial charge is 0.358 e. The fraction of sp³-hybridized carbons (Fsp3) is 0.650. The van der Waals surface area contributed by atoms with Crippen molar-refractivity contribution < 1.29 is 17.6 Å². The molecule has 29 heavy (non-hydrogen) atoms. The zero-order valence-electron chi connectivity index (χ0n) is 15.9. The van der Waals surface area contributed by atoms with E-state index in [1.807, 2.05) is 0 Å². The van der Waals surface area contributed by atoms with E-state index in [1.54, 1.807) is 0 Å². The minimum Gasteiger partial charge on any atom is -0.358 e. The molecule has 2 atom stereocenters. The molecule has 5 rings (SSSR count). The van der Waals surface area contributed by atoms with Gasteiger partial charge in [-0.2, -0.15) is 13.2 Å². The van der Waals surface area contributed by atoms with Crippen LogP contribution in [-0.2, 0) is 0 Å². The van der Waals surface area contributed by atoms with Gasteiger partial charge in [-0.05, 0) is 62.6 Å². The van der Waals surface area contributed by atoms with Gasteiger partial charge in [-0.25, -0.2) is 9.38 Å². The average Bonchev–Trinajstić information content (AvgIpc) is 3.48. The van der Waals surface area contributed by atoms with Crippen LogP contribution >= 0.6 is 11.9 Å². The molecule has 0 spiro atoms. The van der Waals surface area contributed by atoms with Gasteiger partial charge in [0.2, 0.25) is 0 Å². The molecule has 1 saturated heterocycles. The highest BCUT2D eigenvalue weighted by atomic mass is 32.2. The lowest BCUT2D eigenvalue weighted by molar-refractivity contribution is -0.154. The van der Waals surface area contributed by atoms with E-state index in [1.165, 1.54) is 29.0 Å². The van der Waals surface area contributed by atoms with E-state index in [2.05, 4.69) is 15.0 Å². The average molecular weight is 428 g/mol. The highest BCUT2D eigenvalue weighted by Gasteiger charge is 2.48. The Labute approximate surface area is 171 Å². The first-order chi connectivity index (χ1) is 13.9. The Morgan fingerprint density at radius 2 is 1.90 bits per heavy atom. The number of nitrogens with one attached hydrogen (secondary N) is 2. The topological polar surface area (TPSA) is 39.7 Å². The number of fused-ring (bicyclic) bond motifs is 1. The number of halogens is 4. The van der Waals surface area contributed by atoms with E-state index < -0.39 is 18.0 Å². The lowest BCUT2D eigenvalue weighted by atomic mass is 9.89. The largest absolute Gasteiger partial charge is 0.408 e. The van der Waals surface area contributed by atoms with Crippen LogP contribution in [0.5, 0.6) is 0 Å². The molecule has 158 valence electrons. The maximum atomic E-state index is 14.3. The van der Waals surface area contributed by atoms with Gasteiger partial charge in [0.05, 0.1) is 10.6 Å². The van der Waals surface area contributed by atoms with Crippen molar-refractivity contribution in [2.45, 2.75) is 74.1 Å². The molecule has 2 saturated carbocycles. The van der Waals surface area contributed by atoms with Crippen molar-refractivity contribution in [3.05, 3.63) is 17.9 Å². The Kier molecular flexibility index (Phi) is 4.93. The van der Waals surface area contributed by atoms with Gasteiger partial charge in [-0.15, -0.1) is 0 Å². The second kappa shape index (κ2) is 7.34. The molecule has 2 N–H and O–H groups in total. The highest BCUT2D eigenvalue weighted by molar-refractivity contribution is 7.98. The first kappa shape index (κ1) is 19.5. The van der Waals surface area contributed by atoms with Crippen LogP contribution in [0.15, 0.2) is 22.0 Å². The second-order valence-corrected chi connectivity index (χ2v) is 9.36. The SMILES string of the molecule is Fc1cc2c(c(N3CCC(NC4CCC4)CC3C(F)(F)F)c1)N=C(C1CC1)NS2. The molecule has 4 aliphatic rings. The fourth-order valence-corrected chi connectivity index (χ4v) is 5.22. The predicted molar refractivity (Wildman–Crippen MR) is 106 cm³/mol. The summed E-state index contributed by atoms with van der Waals surface area (Å²) in [6.45, 7) is 0.233. The van der Waals surface area contributed by atoms with Crippen LogP contribution < -0.4 is 14.9 Å². The molecule has 1 aromatic carbocycles. The zero-order chi connectivity index (χ0) is 20.2. The van der Waals surface area contributed by atoms with Crippen LogP contribution in [0.3, 0.4) is 0 Å². The number of aliphatic imine (C=N–C) groups is 1. The molecular formula is C20H24F4N4S.